The summed E-state index contributed by atoms with van der Waals surface area (Å²) in [6.07, 6.45) is 2.40. The van der Waals surface area contributed by atoms with Crippen LogP contribution >= 0.6 is 17.0 Å². The fraction of sp³-hybridized carbons (Fsp3) is 0.500. The minimum Gasteiger partial charge on any atom is -0.508 e. The average Bonchev–Trinajstić information content (AvgIpc) is 2.65. The van der Waals surface area contributed by atoms with Gasteiger partial charge in [-0.15, -0.1) is 17.0 Å². The van der Waals surface area contributed by atoms with Gasteiger partial charge in [-0.25, -0.2) is 0 Å². The van der Waals surface area contributed by atoms with Gasteiger partial charge in [-0.05, 0) is 48.6 Å². The van der Waals surface area contributed by atoms with Gasteiger partial charge in [-0.2, -0.15) is 0 Å². The van der Waals surface area contributed by atoms with Crippen LogP contribution in [0.15, 0.2) is 18.2 Å². The molecular weight excluding hydrogens is 254 g/mol. The van der Waals surface area contributed by atoms with Gasteiger partial charge in [0.05, 0.1) is 0 Å². The second kappa shape index (κ2) is 4.14. The van der Waals surface area contributed by atoms with E-state index in [4.69, 9.17) is 0 Å². The summed E-state index contributed by atoms with van der Waals surface area (Å²) >= 11 is 0. The number of hydrogen-bond acceptors (Lipinski definition) is 2. The molecule has 1 heterocycles. The fourth-order valence-corrected chi connectivity index (χ4v) is 2.91. The molecule has 1 saturated heterocycles. The molecule has 3 heteroatoms. The first-order valence-electron chi connectivity index (χ1n) is 5.37. The molecule has 1 aliphatic heterocycles. The van der Waals surface area contributed by atoms with E-state index < -0.39 is 0 Å². The Morgan fingerprint density at radius 2 is 2.13 bits per heavy atom. The monoisotopic (exact) mass is 269 g/mol. The highest BCUT2D eigenvalue weighted by molar-refractivity contribution is 8.93. The number of phenolic OH excluding ortho intramolecular Hbond substituents is 1. The molecule has 0 saturated carbocycles. The predicted octanol–water partition coefficient (Wildman–Crippen LogP) is 2.22. The largest absolute Gasteiger partial charge is 0.508 e. The van der Waals surface area contributed by atoms with Crippen molar-refractivity contribution in [1.29, 1.82) is 0 Å². The first-order valence-corrected chi connectivity index (χ1v) is 5.37. The van der Waals surface area contributed by atoms with Crippen molar-refractivity contribution in [2.45, 2.75) is 18.8 Å². The summed E-state index contributed by atoms with van der Waals surface area (Å²) in [5.74, 6) is 1.93. The van der Waals surface area contributed by atoms with Crippen molar-refractivity contribution in [3.63, 3.8) is 0 Å². The summed E-state index contributed by atoms with van der Waals surface area (Å²) in [5.41, 5.74) is 2.82. The molecule has 0 amide bonds. The highest BCUT2D eigenvalue weighted by Gasteiger charge is 2.32. The van der Waals surface area contributed by atoms with Gasteiger partial charge < -0.3 is 10.4 Å². The van der Waals surface area contributed by atoms with E-state index in [9.17, 15) is 5.11 Å². The summed E-state index contributed by atoms with van der Waals surface area (Å²) in [4.78, 5) is 0. The van der Waals surface area contributed by atoms with Crippen LogP contribution in [-0.2, 0) is 6.42 Å². The predicted molar refractivity (Wildman–Crippen MR) is 65.9 cm³/mol. The van der Waals surface area contributed by atoms with E-state index in [2.05, 4.69) is 11.4 Å². The Kier molecular flexibility index (Phi) is 3.03. The maximum absolute atomic E-state index is 9.41. The maximum atomic E-state index is 9.41. The lowest BCUT2D eigenvalue weighted by Crippen LogP contribution is -2.18. The van der Waals surface area contributed by atoms with Gasteiger partial charge in [-0.1, -0.05) is 6.07 Å². The Labute approximate surface area is 100 Å². The lowest BCUT2D eigenvalue weighted by atomic mass is 9.77. The molecule has 2 nitrogen and oxygen atoms in total. The molecule has 0 spiro atoms. The molecular formula is C12H16BrNO. The molecule has 0 aromatic heterocycles. The van der Waals surface area contributed by atoms with Crippen molar-refractivity contribution >= 4 is 17.0 Å². The van der Waals surface area contributed by atoms with Crippen molar-refractivity contribution in [2.75, 3.05) is 13.1 Å². The van der Waals surface area contributed by atoms with Crippen LogP contribution in [0.5, 0.6) is 5.75 Å². The molecule has 2 aliphatic rings. The van der Waals surface area contributed by atoms with E-state index in [1.165, 1.54) is 24.1 Å². The summed E-state index contributed by atoms with van der Waals surface area (Å²) in [6.45, 7) is 2.29. The molecule has 2 unspecified atom stereocenters. The summed E-state index contributed by atoms with van der Waals surface area (Å²) < 4.78 is 0. The van der Waals surface area contributed by atoms with Crippen molar-refractivity contribution in [1.82, 2.24) is 5.32 Å². The number of aryl methyl sites for hydroxylation is 1. The van der Waals surface area contributed by atoms with Crippen LogP contribution in [0, 0.1) is 5.92 Å². The van der Waals surface area contributed by atoms with Gasteiger partial charge in [0.15, 0.2) is 0 Å². The van der Waals surface area contributed by atoms with Crippen molar-refractivity contribution in [3.8, 4) is 5.75 Å². The standard InChI is InChI=1S/C12H15NO.BrH/c14-10-3-4-11-8(5-10)1-2-9-6-13-7-12(9)11;/h3-5,9,12-14H,1-2,6-7H2;1H. The number of nitrogens with one attached hydrogen (secondary N) is 1. The quantitative estimate of drug-likeness (QED) is 0.757. The molecule has 15 heavy (non-hydrogen) atoms. The zero-order chi connectivity index (χ0) is 9.54. The minimum absolute atomic E-state index is 0. The molecule has 3 rings (SSSR count). The first kappa shape index (κ1) is 11.0. The number of halogens is 1. The van der Waals surface area contributed by atoms with Gasteiger partial charge in [0, 0.05) is 12.5 Å². The van der Waals surface area contributed by atoms with Crippen LogP contribution in [-0.4, -0.2) is 18.2 Å². The topological polar surface area (TPSA) is 32.3 Å². The van der Waals surface area contributed by atoms with Crippen LogP contribution < -0.4 is 5.32 Å². The third kappa shape index (κ3) is 1.79. The SMILES string of the molecule is Br.Oc1ccc2c(c1)CCC1CNCC21. The molecule has 82 valence electrons. The average molecular weight is 270 g/mol. The van der Waals surface area contributed by atoms with Gasteiger partial charge >= 0.3 is 0 Å². The van der Waals surface area contributed by atoms with Crippen molar-refractivity contribution in [2.24, 2.45) is 5.92 Å². The number of benzene rings is 1. The summed E-state index contributed by atoms with van der Waals surface area (Å²) in [7, 11) is 0. The van der Waals surface area contributed by atoms with E-state index in [-0.39, 0.29) is 17.0 Å². The fourth-order valence-electron chi connectivity index (χ4n) is 2.91. The lowest BCUT2D eigenvalue weighted by molar-refractivity contribution is 0.443. The smallest absolute Gasteiger partial charge is 0.115 e. The van der Waals surface area contributed by atoms with Gasteiger partial charge in [0.1, 0.15) is 5.75 Å². The van der Waals surface area contributed by atoms with E-state index in [0.717, 1.165) is 18.9 Å². The normalized spacial score (nSPS) is 27.7. The summed E-state index contributed by atoms with van der Waals surface area (Å²) in [5, 5.41) is 12.9. The highest BCUT2D eigenvalue weighted by Crippen LogP contribution is 2.39. The molecule has 0 radical (unpaired) electrons. The zero-order valence-electron chi connectivity index (χ0n) is 8.57. The second-order valence-corrected chi connectivity index (χ2v) is 4.45. The van der Waals surface area contributed by atoms with Gasteiger partial charge in [0.25, 0.3) is 0 Å². The van der Waals surface area contributed by atoms with E-state index in [0.29, 0.717) is 11.7 Å². The Morgan fingerprint density at radius 1 is 1.27 bits per heavy atom. The Balaban J connectivity index is 0.000000853. The molecule has 2 N–H and O–H groups in total. The van der Waals surface area contributed by atoms with Gasteiger partial charge in [-0.3, -0.25) is 0 Å². The van der Waals surface area contributed by atoms with E-state index >= 15 is 0 Å². The Morgan fingerprint density at radius 3 is 3.00 bits per heavy atom. The number of fused-ring (bicyclic) bond motifs is 3. The number of phenols is 1. The third-order valence-electron chi connectivity index (χ3n) is 3.65. The number of rotatable bonds is 0. The van der Waals surface area contributed by atoms with Crippen molar-refractivity contribution < 1.29 is 5.11 Å². The second-order valence-electron chi connectivity index (χ2n) is 4.45. The molecule has 1 aliphatic carbocycles. The Hall–Kier alpha value is -0.540. The number of hydrogen-bond donors (Lipinski definition) is 2. The van der Waals surface area contributed by atoms with Crippen LogP contribution in [0.2, 0.25) is 0 Å². The minimum atomic E-state index is 0. The van der Waals surface area contributed by atoms with E-state index in [1.54, 1.807) is 0 Å². The zero-order valence-corrected chi connectivity index (χ0v) is 10.3. The number of aromatic hydroxyl groups is 1. The van der Waals surface area contributed by atoms with Crippen LogP contribution in [0.25, 0.3) is 0 Å². The van der Waals surface area contributed by atoms with Gasteiger partial charge in [0.2, 0.25) is 0 Å². The van der Waals surface area contributed by atoms with Crippen LogP contribution in [0.1, 0.15) is 23.5 Å². The molecule has 1 aromatic carbocycles. The van der Waals surface area contributed by atoms with E-state index in [1.807, 2.05) is 12.1 Å². The Bertz CT molecular complexity index is 367. The summed E-state index contributed by atoms with van der Waals surface area (Å²) in [6, 6.07) is 5.86. The highest BCUT2D eigenvalue weighted by atomic mass is 79.9. The van der Waals surface area contributed by atoms with Crippen molar-refractivity contribution in [3.05, 3.63) is 29.3 Å². The molecule has 1 fully saturated rings. The third-order valence-corrected chi connectivity index (χ3v) is 3.65. The first-order chi connectivity index (χ1) is 6.84. The maximum Gasteiger partial charge on any atom is 0.115 e. The molecule has 2 atom stereocenters. The molecule has 1 aromatic rings. The van der Waals surface area contributed by atoms with Crippen LogP contribution in [0.4, 0.5) is 0 Å². The molecule has 0 bridgehead atoms. The lowest BCUT2D eigenvalue weighted by Gasteiger charge is -2.27. The van der Waals surface area contributed by atoms with Crippen LogP contribution in [0.3, 0.4) is 0 Å².